The Kier molecular flexibility index (Phi) is 2.03. The average molecular weight is 224 g/mol. The van der Waals surface area contributed by atoms with Gasteiger partial charge in [-0.15, -0.1) is 0 Å². The van der Waals surface area contributed by atoms with Crippen molar-refractivity contribution in [2.75, 3.05) is 6.54 Å². The van der Waals surface area contributed by atoms with Gasteiger partial charge in [-0.25, -0.2) is 0 Å². The molecule has 2 rings (SSSR count). The van der Waals surface area contributed by atoms with Crippen molar-refractivity contribution in [2.24, 2.45) is 5.73 Å². The molecule has 0 atom stereocenters. The SMILES string of the molecule is NCC1=Cc2ccc(Br)cc2C1. The number of hydrogen-bond donors (Lipinski definition) is 1. The van der Waals surface area contributed by atoms with Gasteiger partial charge in [-0.1, -0.05) is 33.6 Å². The Morgan fingerprint density at radius 2 is 2.25 bits per heavy atom. The van der Waals surface area contributed by atoms with Gasteiger partial charge in [-0.05, 0) is 29.7 Å². The summed E-state index contributed by atoms with van der Waals surface area (Å²) in [6.45, 7) is 0.673. The average Bonchev–Trinajstić information content (AvgIpc) is 2.46. The van der Waals surface area contributed by atoms with Crippen molar-refractivity contribution < 1.29 is 0 Å². The van der Waals surface area contributed by atoms with Gasteiger partial charge in [0.1, 0.15) is 0 Å². The lowest BCUT2D eigenvalue weighted by molar-refractivity contribution is 1.07. The van der Waals surface area contributed by atoms with E-state index in [0.717, 1.165) is 10.9 Å². The molecule has 12 heavy (non-hydrogen) atoms. The quantitative estimate of drug-likeness (QED) is 0.778. The first-order valence-electron chi connectivity index (χ1n) is 3.97. The first kappa shape index (κ1) is 8.02. The summed E-state index contributed by atoms with van der Waals surface area (Å²) in [5.41, 5.74) is 9.59. The summed E-state index contributed by atoms with van der Waals surface area (Å²) in [5, 5.41) is 0. The van der Waals surface area contributed by atoms with Gasteiger partial charge >= 0.3 is 0 Å². The van der Waals surface area contributed by atoms with E-state index >= 15 is 0 Å². The standard InChI is InChI=1S/C10H10BrN/c11-10-2-1-8-3-7(6-12)4-9(8)5-10/h1-3,5H,4,6,12H2. The summed E-state index contributed by atoms with van der Waals surface area (Å²) in [4.78, 5) is 0. The van der Waals surface area contributed by atoms with E-state index in [4.69, 9.17) is 5.73 Å². The number of halogens is 1. The smallest absolute Gasteiger partial charge is 0.0178 e. The molecular formula is C10H10BrN. The maximum Gasteiger partial charge on any atom is 0.0178 e. The van der Waals surface area contributed by atoms with Crippen LogP contribution < -0.4 is 5.73 Å². The lowest BCUT2D eigenvalue weighted by Crippen LogP contribution is -2.02. The third kappa shape index (κ3) is 1.32. The number of rotatable bonds is 1. The second kappa shape index (κ2) is 3.04. The lowest BCUT2D eigenvalue weighted by atomic mass is 10.1. The van der Waals surface area contributed by atoms with Crippen molar-refractivity contribution in [3.63, 3.8) is 0 Å². The van der Waals surface area contributed by atoms with Crippen molar-refractivity contribution >= 4 is 22.0 Å². The molecule has 0 spiro atoms. The van der Waals surface area contributed by atoms with E-state index < -0.39 is 0 Å². The highest BCUT2D eigenvalue weighted by atomic mass is 79.9. The molecule has 0 bridgehead atoms. The number of hydrogen-bond acceptors (Lipinski definition) is 1. The first-order valence-corrected chi connectivity index (χ1v) is 4.77. The van der Waals surface area contributed by atoms with E-state index in [2.05, 4.69) is 40.2 Å². The molecule has 0 heterocycles. The van der Waals surface area contributed by atoms with Crippen LogP contribution in [0.15, 0.2) is 28.2 Å². The molecule has 0 aliphatic heterocycles. The Morgan fingerprint density at radius 1 is 1.42 bits per heavy atom. The zero-order valence-electron chi connectivity index (χ0n) is 6.68. The molecule has 1 nitrogen and oxygen atoms in total. The summed E-state index contributed by atoms with van der Waals surface area (Å²) in [6, 6.07) is 6.35. The third-order valence-electron chi connectivity index (χ3n) is 2.14. The largest absolute Gasteiger partial charge is 0.327 e. The highest BCUT2D eigenvalue weighted by Gasteiger charge is 2.10. The van der Waals surface area contributed by atoms with Crippen LogP contribution in [0.25, 0.3) is 6.08 Å². The Labute approximate surface area is 80.4 Å². The molecule has 2 N–H and O–H groups in total. The Hall–Kier alpha value is -0.600. The van der Waals surface area contributed by atoms with Crippen molar-refractivity contribution in [3.05, 3.63) is 39.4 Å². The fourth-order valence-electron chi connectivity index (χ4n) is 1.51. The summed E-state index contributed by atoms with van der Waals surface area (Å²) in [5.74, 6) is 0. The van der Waals surface area contributed by atoms with E-state index in [1.807, 2.05) is 0 Å². The van der Waals surface area contributed by atoms with Crippen molar-refractivity contribution in [1.82, 2.24) is 0 Å². The van der Waals surface area contributed by atoms with Gasteiger partial charge in [0.05, 0.1) is 0 Å². The van der Waals surface area contributed by atoms with E-state index in [9.17, 15) is 0 Å². The van der Waals surface area contributed by atoms with Crippen molar-refractivity contribution in [3.8, 4) is 0 Å². The van der Waals surface area contributed by atoms with Gasteiger partial charge in [0.25, 0.3) is 0 Å². The van der Waals surface area contributed by atoms with Crippen LogP contribution >= 0.6 is 15.9 Å². The lowest BCUT2D eigenvalue weighted by Gasteiger charge is -1.98. The number of nitrogens with two attached hydrogens (primary N) is 1. The highest BCUT2D eigenvalue weighted by Crippen LogP contribution is 2.26. The zero-order chi connectivity index (χ0) is 8.55. The van der Waals surface area contributed by atoms with Crippen LogP contribution in [0.2, 0.25) is 0 Å². The zero-order valence-corrected chi connectivity index (χ0v) is 8.26. The van der Waals surface area contributed by atoms with Gasteiger partial charge in [-0.2, -0.15) is 0 Å². The van der Waals surface area contributed by atoms with E-state index in [1.165, 1.54) is 16.7 Å². The molecule has 0 fully saturated rings. The molecule has 0 amide bonds. The van der Waals surface area contributed by atoms with Crippen LogP contribution in [0.3, 0.4) is 0 Å². The van der Waals surface area contributed by atoms with Crippen LogP contribution in [0.5, 0.6) is 0 Å². The Bertz CT molecular complexity index is 342. The van der Waals surface area contributed by atoms with Gasteiger partial charge in [0.2, 0.25) is 0 Å². The topological polar surface area (TPSA) is 26.0 Å². The summed E-state index contributed by atoms with van der Waals surface area (Å²) in [7, 11) is 0. The number of benzene rings is 1. The molecule has 1 aromatic carbocycles. The normalized spacial score (nSPS) is 14.3. The Morgan fingerprint density at radius 3 is 3.00 bits per heavy atom. The highest BCUT2D eigenvalue weighted by molar-refractivity contribution is 9.10. The minimum atomic E-state index is 0.673. The second-order valence-electron chi connectivity index (χ2n) is 3.03. The van der Waals surface area contributed by atoms with Crippen LogP contribution in [0.1, 0.15) is 11.1 Å². The molecule has 1 aliphatic rings. The van der Waals surface area contributed by atoms with Gasteiger partial charge in [-0.3, -0.25) is 0 Å². The molecule has 0 unspecified atom stereocenters. The van der Waals surface area contributed by atoms with E-state index in [1.54, 1.807) is 0 Å². The molecule has 0 aromatic heterocycles. The fourth-order valence-corrected chi connectivity index (χ4v) is 1.92. The molecule has 62 valence electrons. The maximum atomic E-state index is 5.57. The van der Waals surface area contributed by atoms with Gasteiger partial charge < -0.3 is 5.73 Å². The van der Waals surface area contributed by atoms with Crippen molar-refractivity contribution in [2.45, 2.75) is 6.42 Å². The van der Waals surface area contributed by atoms with E-state index in [-0.39, 0.29) is 0 Å². The van der Waals surface area contributed by atoms with Crippen LogP contribution in [0, 0.1) is 0 Å². The molecule has 1 aliphatic carbocycles. The van der Waals surface area contributed by atoms with Crippen LogP contribution in [-0.4, -0.2) is 6.54 Å². The van der Waals surface area contributed by atoms with Gasteiger partial charge in [0, 0.05) is 11.0 Å². The summed E-state index contributed by atoms with van der Waals surface area (Å²) in [6.07, 6.45) is 3.20. The third-order valence-corrected chi connectivity index (χ3v) is 2.64. The second-order valence-corrected chi connectivity index (χ2v) is 3.94. The predicted molar refractivity (Wildman–Crippen MR) is 54.9 cm³/mol. The molecular weight excluding hydrogens is 214 g/mol. The predicted octanol–water partition coefficient (Wildman–Crippen LogP) is 2.35. The molecule has 1 aromatic rings. The maximum absolute atomic E-state index is 5.57. The molecule has 0 saturated heterocycles. The minimum Gasteiger partial charge on any atom is -0.327 e. The molecule has 0 saturated carbocycles. The molecule has 2 heteroatoms. The van der Waals surface area contributed by atoms with Gasteiger partial charge in [0.15, 0.2) is 0 Å². The van der Waals surface area contributed by atoms with E-state index in [0.29, 0.717) is 6.54 Å². The summed E-state index contributed by atoms with van der Waals surface area (Å²) < 4.78 is 1.15. The van der Waals surface area contributed by atoms with Crippen molar-refractivity contribution in [1.29, 1.82) is 0 Å². The molecule has 0 radical (unpaired) electrons. The van der Waals surface area contributed by atoms with Crippen LogP contribution in [-0.2, 0) is 6.42 Å². The van der Waals surface area contributed by atoms with Crippen LogP contribution in [0.4, 0.5) is 0 Å². The first-order chi connectivity index (χ1) is 5.79. The fraction of sp³-hybridized carbons (Fsp3) is 0.200. The monoisotopic (exact) mass is 223 g/mol. The minimum absolute atomic E-state index is 0.673. The Balaban J connectivity index is 2.40. The summed E-state index contributed by atoms with van der Waals surface area (Å²) >= 11 is 3.45. The number of fused-ring (bicyclic) bond motifs is 1.